The van der Waals surface area contributed by atoms with E-state index >= 15 is 0 Å². The number of fused-ring (bicyclic) bond motifs is 1. The first-order valence-corrected chi connectivity index (χ1v) is 8.70. The SMILES string of the molecule is CC(C(=O)OCC(=O)Nc1cccc(C(F)(F)F)c1)N1C(=O)C(=O)c2ccccc21. The summed E-state index contributed by atoms with van der Waals surface area (Å²) in [5, 5.41) is 2.20. The van der Waals surface area contributed by atoms with Crippen LogP contribution in [0.1, 0.15) is 22.8 Å². The molecular weight excluding hydrogens is 405 g/mol. The average molecular weight is 420 g/mol. The standard InChI is InChI=1S/C20H15F3N2O5/c1-11(25-15-8-3-2-7-14(15)17(27)18(25)28)19(29)30-10-16(26)24-13-6-4-5-12(9-13)20(21,22)23/h2-9,11H,10H2,1H3,(H,24,26). The lowest BCUT2D eigenvalue weighted by atomic mass is 10.1. The molecule has 0 radical (unpaired) electrons. The molecule has 3 rings (SSSR count). The topological polar surface area (TPSA) is 92.8 Å². The minimum absolute atomic E-state index is 0.117. The van der Waals surface area contributed by atoms with Gasteiger partial charge in [0.15, 0.2) is 6.61 Å². The molecular formula is C20H15F3N2O5. The number of benzene rings is 2. The quantitative estimate of drug-likeness (QED) is 0.593. The van der Waals surface area contributed by atoms with Gasteiger partial charge in [-0.25, -0.2) is 4.79 Å². The lowest BCUT2D eigenvalue weighted by Crippen LogP contribution is -2.44. The summed E-state index contributed by atoms with van der Waals surface area (Å²) in [5.41, 5.74) is -0.648. The van der Waals surface area contributed by atoms with E-state index < -0.39 is 48.0 Å². The molecule has 0 bridgehead atoms. The highest BCUT2D eigenvalue weighted by Crippen LogP contribution is 2.31. The highest BCUT2D eigenvalue weighted by Gasteiger charge is 2.41. The van der Waals surface area contributed by atoms with Crippen LogP contribution in [0.2, 0.25) is 0 Å². The van der Waals surface area contributed by atoms with E-state index in [4.69, 9.17) is 4.74 Å². The Morgan fingerprint density at radius 3 is 2.50 bits per heavy atom. The number of alkyl halides is 3. The van der Waals surface area contributed by atoms with Crippen molar-refractivity contribution in [1.29, 1.82) is 0 Å². The summed E-state index contributed by atoms with van der Waals surface area (Å²) in [5.74, 6) is -3.47. The Morgan fingerprint density at radius 2 is 1.80 bits per heavy atom. The third-order valence-electron chi connectivity index (χ3n) is 4.37. The molecule has 2 amide bonds. The number of Topliss-reactive ketones (excluding diaryl/α,β-unsaturated/α-hetero) is 1. The van der Waals surface area contributed by atoms with Gasteiger partial charge in [0.25, 0.3) is 17.6 Å². The largest absolute Gasteiger partial charge is 0.454 e. The molecule has 1 atom stereocenters. The first-order chi connectivity index (χ1) is 14.1. The normalized spacial score (nSPS) is 14.3. The molecule has 0 saturated heterocycles. The molecule has 0 saturated carbocycles. The Hall–Kier alpha value is -3.69. The summed E-state index contributed by atoms with van der Waals surface area (Å²) >= 11 is 0. The van der Waals surface area contributed by atoms with Crippen LogP contribution in [0.3, 0.4) is 0 Å². The Morgan fingerprint density at radius 1 is 1.10 bits per heavy atom. The first-order valence-electron chi connectivity index (χ1n) is 8.70. The molecule has 156 valence electrons. The monoisotopic (exact) mass is 420 g/mol. The van der Waals surface area contributed by atoms with E-state index in [-0.39, 0.29) is 16.9 Å². The highest BCUT2D eigenvalue weighted by atomic mass is 19.4. The number of esters is 1. The van der Waals surface area contributed by atoms with Gasteiger partial charge in [-0.05, 0) is 37.3 Å². The summed E-state index contributed by atoms with van der Waals surface area (Å²) in [4.78, 5) is 49.4. The maximum atomic E-state index is 12.7. The molecule has 1 aliphatic rings. The van der Waals surface area contributed by atoms with E-state index in [9.17, 15) is 32.3 Å². The van der Waals surface area contributed by atoms with Gasteiger partial charge >= 0.3 is 12.1 Å². The number of amides is 2. The van der Waals surface area contributed by atoms with Crippen molar-refractivity contribution in [2.24, 2.45) is 0 Å². The smallest absolute Gasteiger partial charge is 0.416 e. The number of anilines is 2. The predicted molar refractivity (Wildman–Crippen MR) is 98.8 cm³/mol. The van der Waals surface area contributed by atoms with Gasteiger partial charge in [-0.15, -0.1) is 0 Å². The van der Waals surface area contributed by atoms with Crippen molar-refractivity contribution in [2.75, 3.05) is 16.8 Å². The van der Waals surface area contributed by atoms with Gasteiger partial charge in [-0.2, -0.15) is 13.2 Å². The number of para-hydroxylation sites is 1. The molecule has 0 fully saturated rings. The molecule has 10 heteroatoms. The summed E-state index contributed by atoms with van der Waals surface area (Å²) < 4.78 is 43.0. The number of hydrogen-bond acceptors (Lipinski definition) is 5. The van der Waals surface area contributed by atoms with Crippen molar-refractivity contribution in [2.45, 2.75) is 19.1 Å². The van der Waals surface area contributed by atoms with Gasteiger partial charge in [0, 0.05) is 5.69 Å². The molecule has 1 heterocycles. The molecule has 0 aliphatic carbocycles. The molecule has 1 N–H and O–H groups in total. The van der Waals surface area contributed by atoms with E-state index in [0.717, 1.165) is 23.1 Å². The fraction of sp³-hybridized carbons (Fsp3) is 0.200. The number of hydrogen-bond donors (Lipinski definition) is 1. The van der Waals surface area contributed by atoms with Crippen LogP contribution in [0.25, 0.3) is 0 Å². The van der Waals surface area contributed by atoms with E-state index in [2.05, 4.69) is 5.32 Å². The Balaban J connectivity index is 1.61. The number of rotatable bonds is 5. The van der Waals surface area contributed by atoms with Crippen molar-refractivity contribution in [3.63, 3.8) is 0 Å². The summed E-state index contributed by atoms with van der Waals surface area (Å²) in [6.07, 6.45) is -4.57. The van der Waals surface area contributed by atoms with Gasteiger partial charge in [0.05, 0.1) is 16.8 Å². The van der Waals surface area contributed by atoms with Crippen LogP contribution in [0.5, 0.6) is 0 Å². The van der Waals surface area contributed by atoms with E-state index in [0.29, 0.717) is 0 Å². The van der Waals surface area contributed by atoms with Gasteiger partial charge < -0.3 is 10.1 Å². The van der Waals surface area contributed by atoms with Crippen LogP contribution in [0, 0.1) is 0 Å². The predicted octanol–water partition coefficient (Wildman–Crippen LogP) is 2.81. The van der Waals surface area contributed by atoms with Crippen LogP contribution in [-0.4, -0.2) is 36.2 Å². The number of ketones is 1. The minimum Gasteiger partial charge on any atom is -0.454 e. The molecule has 2 aromatic rings. The number of nitrogens with one attached hydrogen (secondary N) is 1. The average Bonchev–Trinajstić information content (AvgIpc) is 2.96. The van der Waals surface area contributed by atoms with Crippen LogP contribution < -0.4 is 10.2 Å². The Kier molecular flexibility index (Phi) is 5.59. The van der Waals surface area contributed by atoms with Gasteiger partial charge in [0.2, 0.25) is 0 Å². The maximum Gasteiger partial charge on any atom is 0.416 e. The third kappa shape index (κ3) is 4.17. The zero-order valence-electron chi connectivity index (χ0n) is 15.5. The molecule has 30 heavy (non-hydrogen) atoms. The second-order valence-corrected chi connectivity index (χ2v) is 6.43. The van der Waals surface area contributed by atoms with Crippen molar-refractivity contribution in [1.82, 2.24) is 0 Å². The fourth-order valence-electron chi connectivity index (χ4n) is 2.93. The second kappa shape index (κ2) is 7.97. The molecule has 0 spiro atoms. The van der Waals surface area contributed by atoms with Gasteiger partial charge in [0.1, 0.15) is 6.04 Å². The summed E-state index contributed by atoms with van der Waals surface area (Å²) in [7, 11) is 0. The zero-order valence-corrected chi connectivity index (χ0v) is 15.5. The number of ether oxygens (including phenoxy) is 1. The molecule has 1 aliphatic heterocycles. The van der Waals surface area contributed by atoms with Crippen molar-refractivity contribution in [3.05, 3.63) is 59.7 Å². The molecule has 1 unspecified atom stereocenters. The maximum absolute atomic E-state index is 12.7. The second-order valence-electron chi connectivity index (χ2n) is 6.43. The number of nitrogens with zero attached hydrogens (tertiary/aromatic N) is 1. The first kappa shape index (κ1) is 21.0. The van der Waals surface area contributed by atoms with Gasteiger partial charge in [-0.1, -0.05) is 18.2 Å². The Labute approximate surface area is 168 Å². The number of halogens is 3. The molecule has 7 nitrogen and oxygen atoms in total. The minimum atomic E-state index is -4.57. The summed E-state index contributed by atoms with van der Waals surface area (Å²) in [6, 6.07) is 8.91. The van der Waals surface area contributed by atoms with Crippen LogP contribution in [-0.2, 0) is 25.3 Å². The molecule has 2 aromatic carbocycles. The fourth-order valence-corrected chi connectivity index (χ4v) is 2.93. The lowest BCUT2D eigenvalue weighted by Gasteiger charge is -2.22. The Bertz CT molecular complexity index is 1040. The molecule has 0 aromatic heterocycles. The van der Waals surface area contributed by atoms with Gasteiger partial charge in [-0.3, -0.25) is 19.3 Å². The van der Waals surface area contributed by atoms with E-state index in [1.54, 1.807) is 12.1 Å². The highest BCUT2D eigenvalue weighted by molar-refractivity contribution is 6.52. The van der Waals surface area contributed by atoms with E-state index in [1.807, 2.05) is 0 Å². The zero-order chi connectivity index (χ0) is 22.1. The van der Waals surface area contributed by atoms with Crippen molar-refractivity contribution < 1.29 is 37.1 Å². The lowest BCUT2D eigenvalue weighted by molar-refractivity contribution is -0.148. The van der Waals surface area contributed by atoms with Crippen molar-refractivity contribution >= 4 is 34.9 Å². The third-order valence-corrected chi connectivity index (χ3v) is 4.37. The number of carbonyl (C=O) groups is 4. The van der Waals surface area contributed by atoms with Crippen LogP contribution >= 0.6 is 0 Å². The van der Waals surface area contributed by atoms with Crippen molar-refractivity contribution in [3.8, 4) is 0 Å². The number of carbonyl (C=O) groups excluding carboxylic acids is 4. The van der Waals surface area contributed by atoms with E-state index in [1.165, 1.54) is 25.1 Å². The van der Waals surface area contributed by atoms with Crippen LogP contribution in [0.4, 0.5) is 24.5 Å². The summed E-state index contributed by atoms with van der Waals surface area (Å²) in [6.45, 7) is 0.553. The van der Waals surface area contributed by atoms with Crippen LogP contribution in [0.15, 0.2) is 48.5 Å².